The Kier molecular flexibility index (Phi) is 3.27. The first-order valence-electron chi connectivity index (χ1n) is 6.00. The van der Waals surface area contributed by atoms with Gasteiger partial charge in [0, 0.05) is 12.6 Å². The van der Waals surface area contributed by atoms with E-state index in [9.17, 15) is 4.39 Å². The predicted octanol–water partition coefficient (Wildman–Crippen LogP) is 3.62. The van der Waals surface area contributed by atoms with Crippen molar-refractivity contribution < 1.29 is 4.39 Å². The van der Waals surface area contributed by atoms with E-state index in [2.05, 4.69) is 30.7 Å². The van der Waals surface area contributed by atoms with Crippen LogP contribution in [0.1, 0.15) is 12.1 Å². The van der Waals surface area contributed by atoms with Crippen LogP contribution < -0.4 is 0 Å². The second-order valence-electron chi connectivity index (χ2n) is 5.57. The van der Waals surface area contributed by atoms with Crippen molar-refractivity contribution in [2.75, 3.05) is 0 Å². The molecular formula is C14H17FN2Si. The Hall–Kier alpha value is -1.60. The van der Waals surface area contributed by atoms with Crippen LogP contribution in [-0.2, 0) is 0 Å². The summed E-state index contributed by atoms with van der Waals surface area (Å²) in [5.41, 5.74) is 0.893. The lowest BCUT2D eigenvalue weighted by atomic mass is 10.2. The van der Waals surface area contributed by atoms with Crippen molar-refractivity contribution in [2.24, 2.45) is 0 Å². The Labute approximate surface area is 108 Å². The monoisotopic (exact) mass is 260 g/mol. The fourth-order valence-corrected chi connectivity index (χ4v) is 3.75. The van der Waals surface area contributed by atoms with Gasteiger partial charge in [0.25, 0.3) is 0 Å². The number of terminal acetylenes is 1. The molecule has 2 rings (SSSR count). The summed E-state index contributed by atoms with van der Waals surface area (Å²) in [6.45, 7) is 6.74. The number of nitrogens with zero attached hydrogens (tertiary/aromatic N) is 2. The highest BCUT2D eigenvalue weighted by Gasteiger charge is 2.28. The molecular weight excluding hydrogens is 243 g/mol. The second-order valence-corrected chi connectivity index (χ2v) is 11.0. The van der Waals surface area contributed by atoms with Crippen LogP contribution in [0.4, 0.5) is 4.39 Å². The van der Waals surface area contributed by atoms with Crippen molar-refractivity contribution in [3.05, 3.63) is 30.2 Å². The molecule has 94 valence electrons. The van der Waals surface area contributed by atoms with Crippen LogP contribution in [0.25, 0.3) is 10.9 Å². The Morgan fingerprint density at radius 2 is 2.17 bits per heavy atom. The van der Waals surface area contributed by atoms with Gasteiger partial charge >= 0.3 is 0 Å². The molecule has 2 aromatic rings. The van der Waals surface area contributed by atoms with Crippen LogP contribution in [0.2, 0.25) is 19.6 Å². The van der Waals surface area contributed by atoms with Gasteiger partial charge in [-0.3, -0.25) is 4.68 Å². The lowest BCUT2D eigenvalue weighted by Crippen LogP contribution is -2.35. The fourth-order valence-electron chi connectivity index (χ4n) is 2.09. The van der Waals surface area contributed by atoms with E-state index in [-0.39, 0.29) is 11.5 Å². The molecule has 0 radical (unpaired) electrons. The molecule has 0 amide bonds. The molecule has 2 nitrogen and oxygen atoms in total. The number of aromatic nitrogens is 2. The van der Waals surface area contributed by atoms with Crippen molar-refractivity contribution in [3.63, 3.8) is 0 Å². The van der Waals surface area contributed by atoms with Gasteiger partial charge in [0.2, 0.25) is 0 Å². The molecule has 0 aliphatic heterocycles. The van der Waals surface area contributed by atoms with E-state index in [1.165, 1.54) is 6.07 Å². The first-order valence-corrected chi connectivity index (χ1v) is 9.58. The van der Waals surface area contributed by atoms with E-state index >= 15 is 0 Å². The van der Waals surface area contributed by atoms with Gasteiger partial charge in [-0.25, -0.2) is 4.39 Å². The molecule has 1 unspecified atom stereocenters. The van der Waals surface area contributed by atoms with E-state index in [1.54, 1.807) is 12.3 Å². The standard InChI is InChI=1S/C14H17FN2Si/c1-5-7-14(18(2,3)4)17-10-11-12(15)8-6-9-13(11)16-17/h1,6,8-10,14H,7H2,2-4H3. The SMILES string of the molecule is C#CCC(n1cc2c(F)cccc2n1)[Si](C)(C)C. The molecule has 1 atom stereocenters. The Morgan fingerprint density at radius 1 is 1.44 bits per heavy atom. The molecule has 1 aromatic heterocycles. The highest BCUT2D eigenvalue weighted by Crippen LogP contribution is 2.26. The van der Waals surface area contributed by atoms with Gasteiger partial charge in [0.15, 0.2) is 0 Å². The first kappa shape index (κ1) is 12.8. The van der Waals surface area contributed by atoms with Crippen molar-refractivity contribution in [2.45, 2.75) is 31.7 Å². The summed E-state index contributed by atoms with van der Waals surface area (Å²) in [6.07, 6.45) is 7.87. The molecule has 0 N–H and O–H groups in total. The van der Waals surface area contributed by atoms with Gasteiger partial charge in [-0.05, 0) is 12.1 Å². The summed E-state index contributed by atoms with van der Waals surface area (Å²) in [5, 5.41) is 5.04. The molecule has 4 heteroatoms. The fraction of sp³-hybridized carbons (Fsp3) is 0.357. The third-order valence-electron chi connectivity index (χ3n) is 3.14. The first-order chi connectivity index (χ1) is 8.43. The maximum Gasteiger partial charge on any atom is 0.134 e. The van der Waals surface area contributed by atoms with Gasteiger partial charge in [0.1, 0.15) is 5.82 Å². The highest BCUT2D eigenvalue weighted by molar-refractivity contribution is 6.76. The third kappa shape index (κ3) is 2.32. The molecule has 1 heterocycles. The molecule has 0 bridgehead atoms. The van der Waals surface area contributed by atoms with Gasteiger partial charge < -0.3 is 0 Å². The largest absolute Gasteiger partial charge is 0.270 e. The number of fused-ring (bicyclic) bond motifs is 1. The van der Waals surface area contributed by atoms with Crippen molar-refractivity contribution in [3.8, 4) is 12.3 Å². The van der Waals surface area contributed by atoms with Gasteiger partial charge in [-0.1, -0.05) is 25.7 Å². The van der Waals surface area contributed by atoms with Crippen LogP contribution in [0.5, 0.6) is 0 Å². The Balaban J connectivity index is 2.52. The summed E-state index contributed by atoms with van der Waals surface area (Å²) in [4.78, 5) is 0. The minimum absolute atomic E-state index is 0.203. The summed E-state index contributed by atoms with van der Waals surface area (Å²) < 4.78 is 15.5. The summed E-state index contributed by atoms with van der Waals surface area (Å²) in [6, 6.07) is 4.96. The van der Waals surface area contributed by atoms with Crippen LogP contribution >= 0.6 is 0 Å². The third-order valence-corrected chi connectivity index (χ3v) is 5.61. The number of hydrogen-bond acceptors (Lipinski definition) is 1. The van der Waals surface area contributed by atoms with Crippen molar-refractivity contribution in [1.29, 1.82) is 0 Å². The average Bonchev–Trinajstić information content (AvgIpc) is 2.69. The van der Waals surface area contributed by atoms with Crippen LogP contribution in [-0.4, -0.2) is 17.9 Å². The number of rotatable bonds is 3. The minimum Gasteiger partial charge on any atom is -0.270 e. The van der Waals surface area contributed by atoms with Crippen LogP contribution in [0.3, 0.4) is 0 Å². The highest BCUT2D eigenvalue weighted by atomic mass is 28.3. The summed E-state index contributed by atoms with van der Waals surface area (Å²) in [5.74, 6) is 2.48. The second kappa shape index (κ2) is 4.58. The quantitative estimate of drug-likeness (QED) is 0.609. The zero-order chi connectivity index (χ0) is 13.3. The maximum atomic E-state index is 13.7. The Morgan fingerprint density at radius 3 is 2.72 bits per heavy atom. The van der Waals surface area contributed by atoms with E-state index in [4.69, 9.17) is 6.42 Å². The normalized spacial score (nSPS) is 13.5. The lowest BCUT2D eigenvalue weighted by molar-refractivity contribution is 0.585. The van der Waals surface area contributed by atoms with E-state index < -0.39 is 8.07 Å². The van der Waals surface area contributed by atoms with Crippen LogP contribution in [0.15, 0.2) is 24.4 Å². The predicted molar refractivity (Wildman–Crippen MR) is 75.5 cm³/mol. The minimum atomic E-state index is -1.49. The van der Waals surface area contributed by atoms with Gasteiger partial charge in [-0.2, -0.15) is 5.10 Å². The number of hydrogen-bond donors (Lipinski definition) is 0. The molecule has 0 spiro atoms. The summed E-state index contributed by atoms with van der Waals surface area (Å²) >= 11 is 0. The topological polar surface area (TPSA) is 17.8 Å². The van der Waals surface area contributed by atoms with Crippen molar-refractivity contribution in [1.82, 2.24) is 9.78 Å². The molecule has 1 aromatic carbocycles. The molecule has 0 fully saturated rings. The molecule has 0 aliphatic carbocycles. The number of benzene rings is 1. The summed E-state index contributed by atoms with van der Waals surface area (Å²) in [7, 11) is -1.49. The molecule has 0 saturated heterocycles. The average molecular weight is 260 g/mol. The van der Waals surface area contributed by atoms with E-state index in [1.807, 2.05) is 10.7 Å². The molecule has 0 saturated carbocycles. The smallest absolute Gasteiger partial charge is 0.134 e. The van der Waals surface area contributed by atoms with Gasteiger partial charge in [-0.15, -0.1) is 12.3 Å². The lowest BCUT2D eigenvalue weighted by Gasteiger charge is -2.27. The van der Waals surface area contributed by atoms with Crippen LogP contribution in [0, 0.1) is 18.2 Å². The zero-order valence-corrected chi connectivity index (χ0v) is 11.9. The molecule has 0 aliphatic rings. The van der Waals surface area contributed by atoms with E-state index in [0.717, 1.165) is 0 Å². The van der Waals surface area contributed by atoms with E-state index in [0.29, 0.717) is 17.3 Å². The van der Waals surface area contributed by atoms with Gasteiger partial charge in [0.05, 0.1) is 24.6 Å². The maximum absolute atomic E-state index is 13.7. The number of halogens is 1. The van der Waals surface area contributed by atoms with Crippen molar-refractivity contribution >= 4 is 19.0 Å². The zero-order valence-electron chi connectivity index (χ0n) is 10.9. The molecule has 18 heavy (non-hydrogen) atoms. The Bertz CT molecular complexity index is 604.